The first-order chi connectivity index (χ1) is 30.5. The van der Waals surface area contributed by atoms with Crippen molar-refractivity contribution in [3.05, 3.63) is 24.3 Å². The van der Waals surface area contributed by atoms with Gasteiger partial charge in [-0.05, 0) is 57.8 Å². The van der Waals surface area contributed by atoms with Crippen LogP contribution in [0.25, 0.3) is 0 Å². The van der Waals surface area contributed by atoms with Crippen molar-refractivity contribution in [2.75, 3.05) is 13.2 Å². The number of nitrogens with one attached hydrogen (secondary N) is 1. The van der Waals surface area contributed by atoms with E-state index in [-0.39, 0.29) is 18.5 Å². The van der Waals surface area contributed by atoms with Gasteiger partial charge in [0.05, 0.1) is 25.4 Å². The molecule has 1 amide bonds. The van der Waals surface area contributed by atoms with Crippen LogP contribution in [-0.4, -0.2) is 47.4 Å². The fraction of sp³-hybridized carbons (Fsp3) is 0.893. The molecule has 0 radical (unpaired) electrons. The van der Waals surface area contributed by atoms with E-state index in [9.17, 15) is 19.8 Å². The lowest BCUT2D eigenvalue weighted by molar-refractivity contribution is -0.143. The Hall–Kier alpha value is -1.66. The Morgan fingerprint density at radius 2 is 0.758 bits per heavy atom. The van der Waals surface area contributed by atoms with Crippen molar-refractivity contribution in [3.63, 3.8) is 0 Å². The maximum absolute atomic E-state index is 12.4. The van der Waals surface area contributed by atoms with E-state index in [1.165, 1.54) is 212 Å². The zero-order valence-electron chi connectivity index (χ0n) is 41.6. The fourth-order valence-electron chi connectivity index (χ4n) is 8.45. The van der Waals surface area contributed by atoms with Crippen molar-refractivity contribution in [2.24, 2.45) is 0 Å². The molecule has 0 bridgehead atoms. The molecule has 0 heterocycles. The van der Waals surface area contributed by atoms with Crippen LogP contribution in [0.5, 0.6) is 0 Å². The van der Waals surface area contributed by atoms with Crippen molar-refractivity contribution in [1.29, 1.82) is 0 Å². The number of carbonyl (C=O) groups excluding carboxylic acids is 2. The highest BCUT2D eigenvalue weighted by Crippen LogP contribution is 2.16. The highest BCUT2D eigenvalue weighted by atomic mass is 16.5. The van der Waals surface area contributed by atoms with Gasteiger partial charge in [-0.25, -0.2) is 0 Å². The molecule has 0 rings (SSSR count). The highest BCUT2D eigenvalue weighted by molar-refractivity contribution is 5.76. The molecule has 0 saturated carbocycles. The van der Waals surface area contributed by atoms with Crippen LogP contribution >= 0.6 is 0 Å². The van der Waals surface area contributed by atoms with Gasteiger partial charge >= 0.3 is 5.97 Å². The van der Waals surface area contributed by atoms with Crippen LogP contribution in [0.15, 0.2) is 24.3 Å². The average Bonchev–Trinajstić information content (AvgIpc) is 3.27. The summed E-state index contributed by atoms with van der Waals surface area (Å²) < 4.78 is 5.48. The molecule has 0 aromatic heterocycles. The van der Waals surface area contributed by atoms with E-state index < -0.39 is 12.1 Å². The molecule has 366 valence electrons. The van der Waals surface area contributed by atoms with Crippen LogP contribution in [0.4, 0.5) is 0 Å². The summed E-state index contributed by atoms with van der Waals surface area (Å²) in [6.07, 6.45) is 62.0. The van der Waals surface area contributed by atoms with Gasteiger partial charge in [0.25, 0.3) is 0 Å². The first kappa shape index (κ1) is 60.3. The number of ether oxygens (including phenoxy) is 1. The van der Waals surface area contributed by atoms with Gasteiger partial charge in [-0.1, -0.05) is 250 Å². The van der Waals surface area contributed by atoms with Gasteiger partial charge in [0, 0.05) is 12.8 Å². The summed E-state index contributed by atoms with van der Waals surface area (Å²) in [7, 11) is 0. The minimum atomic E-state index is -0.850. The second-order valence-electron chi connectivity index (χ2n) is 18.9. The van der Waals surface area contributed by atoms with Crippen LogP contribution in [0.3, 0.4) is 0 Å². The summed E-state index contributed by atoms with van der Waals surface area (Å²) in [6.45, 7) is 4.88. The molecule has 0 aliphatic heterocycles. The molecule has 62 heavy (non-hydrogen) atoms. The summed E-state index contributed by atoms with van der Waals surface area (Å²) in [5, 5.41) is 22.9. The Morgan fingerprint density at radius 1 is 0.435 bits per heavy atom. The quantitative estimate of drug-likeness (QED) is 0.0321. The lowest BCUT2D eigenvalue weighted by atomic mass is 10.0. The van der Waals surface area contributed by atoms with Crippen LogP contribution in [-0.2, 0) is 14.3 Å². The Bertz CT molecular complexity index is 966. The van der Waals surface area contributed by atoms with Crippen molar-refractivity contribution in [1.82, 2.24) is 5.32 Å². The summed E-state index contributed by atoms with van der Waals surface area (Å²) in [5.41, 5.74) is 0. The van der Waals surface area contributed by atoms with Gasteiger partial charge in [-0.3, -0.25) is 9.59 Å². The molecule has 0 fully saturated rings. The Labute approximate surface area is 386 Å². The van der Waals surface area contributed by atoms with Gasteiger partial charge in [0.15, 0.2) is 0 Å². The normalized spacial score (nSPS) is 12.8. The molecule has 6 nitrogen and oxygen atoms in total. The smallest absolute Gasteiger partial charge is 0.305 e. The van der Waals surface area contributed by atoms with E-state index in [0.29, 0.717) is 19.4 Å². The van der Waals surface area contributed by atoms with Crippen molar-refractivity contribution >= 4 is 11.9 Å². The average molecular weight is 874 g/mol. The number of unbranched alkanes of at least 4 members (excludes halogenated alkanes) is 38. The molecule has 0 spiro atoms. The van der Waals surface area contributed by atoms with E-state index in [4.69, 9.17) is 4.74 Å². The number of rotatable bonds is 51. The van der Waals surface area contributed by atoms with E-state index >= 15 is 0 Å². The first-order valence-corrected chi connectivity index (χ1v) is 27.6. The maximum Gasteiger partial charge on any atom is 0.305 e. The minimum Gasteiger partial charge on any atom is -0.466 e. The Balaban J connectivity index is 3.42. The number of aliphatic hydroxyl groups excluding tert-OH is 2. The van der Waals surface area contributed by atoms with Crippen molar-refractivity contribution < 1.29 is 24.5 Å². The molecule has 0 aromatic rings. The molecular weight excluding hydrogens is 767 g/mol. The summed E-state index contributed by atoms with van der Waals surface area (Å²) in [4.78, 5) is 24.4. The predicted octanol–water partition coefficient (Wildman–Crippen LogP) is 16.7. The van der Waals surface area contributed by atoms with E-state index in [2.05, 4.69) is 31.3 Å². The van der Waals surface area contributed by atoms with Gasteiger partial charge < -0.3 is 20.3 Å². The fourth-order valence-corrected chi connectivity index (χ4v) is 8.45. The van der Waals surface area contributed by atoms with Gasteiger partial charge in [-0.2, -0.15) is 0 Å². The molecule has 0 aromatic carbocycles. The molecule has 6 heteroatoms. The molecule has 2 atom stereocenters. The van der Waals surface area contributed by atoms with Gasteiger partial charge in [-0.15, -0.1) is 0 Å². The third-order valence-corrected chi connectivity index (χ3v) is 12.7. The Kier molecular flexibility index (Phi) is 50.6. The number of esters is 1. The number of hydrogen-bond donors (Lipinski definition) is 3. The maximum atomic E-state index is 12.4. The monoisotopic (exact) mass is 874 g/mol. The molecular formula is C56H107NO5. The summed E-state index contributed by atoms with van der Waals surface area (Å²) in [6, 6.07) is -0.635. The third kappa shape index (κ3) is 47.8. The SMILES string of the molecule is CCCCCCCCCC/C=C/C(O)C(CO)NC(=O)CCCCCCC/C=C\CCCCCCCCCCCOC(=O)CCCCCCCCCCCCCCCCCCC. The lowest BCUT2D eigenvalue weighted by Crippen LogP contribution is -2.45. The number of allylic oxidation sites excluding steroid dienone is 3. The second-order valence-corrected chi connectivity index (χ2v) is 18.9. The molecule has 0 saturated heterocycles. The standard InChI is InChI=1S/C56H107NO5/c1-3-5-7-9-11-13-15-16-17-20-24-27-30-34-38-42-46-50-56(61)62-51-47-43-39-35-31-28-25-22-19-18-21-23-26-29-33-37-41-45-49-55(60)57-53(52-58)54(59)48-44-40-36-32-14-12-10-8-6-4-2/h21,23,44,48,53-54,58-59H,3-20,22,24-43,45-47,49-52H2,1-2H3,(H,57,60)/b23-21-,48-44+. The second kappa shape index (κ2) is 52.0. The highest BCUT2D eigenvalue weighted by Gasteiger charge is 2.18. The van der Waals surface area contributed by atoms with Gasteiger partial charge in [0.2, 0.25) is 5.91 Å². The summed E-state index contributed by atoms with van der Waals surface area (Å²) >= 11 is 0. The predicted molar refractivity (Wildman–Crippen MR) is 269 cm³/mol. The minimum absolute atomic E-state index is 0.00572. The third-order valence-electron chi connectivity index (χ3n) is 12.7. The van der Waals surface area contributed by atoms with Crippen LogP contribution in [0, 0.1) is 0 Å². The first-order valence-electron chi connectivity index (χ1n) is 27.6. The topological polar surface area (TPSA) is 95.9 Å². The Morgan fingerprint density at radius 3 is 1.15 bits per heavy atom. The number of aliphatic hydroxyl groups is 2. The zero-order valence-corrected chi connectivity index (χ0v) is 41.6. The van der Waals surface area contributed by atoms with Gasteiger partial charge in [0.1, 0.15) is 0 Å². The zero-order chi connectivity index (χ0) is 45.1. The lowest BCUT2D eigenvalue weighted by Gasteiger charge is -2.20. The number of hydrogen-bond acceptors (Lipinski definition) is 5. The van der Waals surface area contributed by atoms with Crippen LogP contribution in [0.2, 0.25) is 0 Å². The largest absolute Gasteiger partial charge is 0.466 e. The van der Waals surface area contributed by atoms with Crippen molar-refractivity contribution in [2.45, 2.75) is 309 Å². The van der Waals surface area contributed by atoms with Crippen molar-refractivity contribution in [3.8, 4) is 0 Å². The van der Waals surface area contributed by atoms with E-state index in [0.717, 1.165) is 57.8 Å². The van der Waals surface area contributed by atoms with E-state index in [1.807, 2.05) is 6.08 Å². The number of carbonyl (C=O) groups is 2. The summed E-state index contributed by atoms with van der Waals surface area (Å²) in [5.74, 6) is -0.0783. The molecule has 0 aliphatic carbocycles. The molecule has 0 aliphatic rings. The number of amides is 1. The molecule has 3 N–H and O–H groups in total. The molecule has 2 unspecified atom stereocenters. The van der Waals surface area contributed by atoms with Crippen LogP contribution < -0.4 is 5.32 Å². The van der Waals surface area contributed by atoms with E-state index in [1.54, 1.807) is 6.08 Å². The van der Waals surface area contributed by atoms with Crippen LogP contribution in [0.1, 0.15) is 296 Å².